The van der Waals surface area contributed by atoms with Crippen LogP contribution in [0.15, 0.2) is 9.59 Å². The maximum Gasteiger partial charge on any atom is 0.329 e. The lowest BCUT2D eigenvalue weighted by molar-refractivity contribution is -0.000113. The molecule has 0 bridgehead atoms. The van der Waals surface area contributed by atoms with Crippen LogP contribution in [0.2, 0.25) is 0 Å². The fourth-order valence-electron chi connectivity index (χ4n) is 2.35. The molecule has 9 nitrogen and oxygen atoms in total. The Hall–Kier alpha value is -2.13. The predicted octanol–water partition coefficient (Wildman–Crippen LogP) is 0.0295. The molecule has 3 N–H and O–H groups in total. The maximum atomic E-state index is 12.2. The first kappa shape index (κ1) is 18.2. The van der Waals surface area contributed by atoms with Gasteiger partial charge in [-0.25, -0.2) is 4.79 Å². The summed E-state index contributed by atoms with van der Waals surface area (Å²) in [6.45, 7) is 7.90. The number of nitrogens with one attached hydrogen (secondary N) is 2. The summed E-state index contributed by atoms with van der Waals surface area (Å²) in [4.78, 5) is 30.6. The number of aromatic nitrogens is 4. The zero-order valence-corrected chi connectivity index (χ0v) is 14.7. The van der Waals surface area contributed by atoms with E-state index in [-0.39, 0.29) is 36.5 Å². The first-order valence-electron chi connectivity index (χ1n) is 7.96. The molecule has 0 radical (unpaired) electrons. The van der Waals surface area contributed by atoms with Crippen molar-refractivity contribution in [1.29, 1.82) is 0 Å². The Labute approximate surface area is 139 Å². The van der Waals surface area contributed by atoms with Crippen molar-refractivity contribution >= 4 is 17.1 Å². The van der Waals surface area contributed by atoms with Gasteiger partial charge in [-0.05, 0) is 27.7 Å². The SMILES string of the molecule is CC(C)Nc1nc2c(c(=O)[nH]c(=O)n2C)n1C[C@H](O)COC(C)C. The summed E-state index contributed by atoms with van der Waals surface area (Å²) in [5.74, 6) is 0.426. The largest absolute Gasteiger partial charge is 0.389 e. The summed E-state index contributed by atoms with van der Waals surface area (Å²) in [6, 6.07) is 0.0701. The minimum atomic E-state index is -0.811. The average molecular weight is 339 g/mol. The summed E-state index contributed by atoms with van der Waals surface area (Å²) in [5, 5.41) is 13.4. The summed E-state index contributed by atoms with van der Waals surface area (Å²) in [6.07, 6.45) is -0.814. The van der Waals surface area contributed by atoms with Crippen LogP contribution in [0.3, 0.4) is 0 Å². The summed E-state index contributed by atoms with van der Waals surface area (Å²) >= 11 is 0. The van der Waals surface area contributed by atoms with E-state index in [4.69, 9.17) is 4.74 Å². The van der Waals surface area contributed by atoms with Crippen LogP contribution in [-0.4, -0.2) is 49.1 Å². The van der Waals surface area contributed by atoms with Gasteiger partial charge in [0.05, 0.1) is 25.4 Å². The number of imidazole rings is 1. The first-order valence-corrected chi connectivity index (χ1v) is 7.96. The number of H-pyrrole nitrogens is 1. The molecular formula is C15H25N5O4. The number of aliphatic hydroxyl groups is 1. The van der Waals surface area contributed by atoms with Crippen molar-refractivity contribution in [1.82, 2.24) is 19.1 Å². The van der Waals surface area contributed by atoms with Crippen molar-refractivity contribution in [2.24, 2.45) is 7.05 Å². The maximum absolute atomic E-state index is 12.2. The summed E-state index contributed by atoms with van der Waals surface area (Å²) in [5.41, 5.74) is -0.556. The molecule has 1 atom stereocenters. The van der Waals surface area contributed by atoms with Crippen LogP contribution in [0.25, 0.3) is 11.2 Å². The molecule has 0 unspecified atom stereocenters. The Kier molecular flexibility index (Phi) is 5.45. The van der Waals surface area contributed by atoms with Gasteiger partial charge in [0.15, 0.2) is 11.2 Å². The second-order valence-corrected chi connectivity index (χ2v) is 6.37. The van der Waals surface area contributed by atoms with Gasteiger partial charge in [0, 0.05) is 13.1 Å². The Bertz CT molecular complexity index is 818. The minimum absolute atomic E-state index is 0.00309. The summed E-state index contributed by atoms with van der Waals surface area (Å²) < 4.78 is 8.27. The van der Waals surface area contributed by atoms with E-state index in [1.54, 1.807) is 4.57 Å². The predicted molar refractivity (Wildman–Crippen MR) is 91.4 cm³/mol. The van der Waals surface area contributed by atoms with Crippen LogP contribution in [0.4, 0.5) is 5.95 Å². The molecule has 0 aliphatic rings. The topological polar surface area (TPSA) is 114 Å². The fourth-order valence-corrected chi connectivity index (χ4v) is 2.35. The highest BCUT2D eigenvalue weighted by molar-refractivity contribution is 5.74. The second kappa shape index (κ2) is 7.18. The van der Waals surface area contributed by atoms with E-state index < -0.39 is 17.4 Å². The van der Waals surface area contributed by atoms with Crippen molar-refractivity contribution in [2.75, 3.05) is 11.9 Å². The zero-order valence-electron chi connectivity index (χ0n) is 14.7. The fraction of sp³-hybridized carbons (Fsp3) is 0.667. The third-order valence-corrected chi connectivity index (χ3v) is 3.44. The number of hydrogen-bond acceptors (Lipinski definition) is 6. The minimum Gasteiger partial charge on any atom is -0.389 e. The highest BCUT2D eigenvalue weighted by Crippen LogP contribution is 2.17. The van der Waals surface area contributed by atoms with Crippen LogP contribution in [0.1, 0.15) is 27.7 Å². The van der Waals surface area contributed by atoms with Gasteiger partial charge in [0.2, 0.25) is 5.95 Å². The van der Waals surface area contributed by atoms with E-state index >= 15 is 0 Å². The third-order valence-electron chi connectivity index (χ3n) is 3.44. The van der Waals surface area contributed by atoms with Gasteiger partial charge in [-0.3, -0.25) is 14.3 Å². The molecule has 0 saturated carbocycles. The van der Waals surface area contributed by atoms with Gasteiger partial charge in [0.1, 0.15) is 0 Å². The van der Waals surface area contributed by atoms with Gasteiger partial charge >= 0.3 is 5.69 Å². The molecular weight excluding hydrogens is 314 g/mol. The molecule has 24 heavy (non-hydrogen) atoms. The number of nitrogens with zero attached hydrogens (tertiary/aromatic N) is 3. The molecule has 2 heterocycles. The van der Waals surface area contributed by atoms with Crippen LogP contribution in [-0.2, 0) is 18.3 Å². The number of rotatable bonds is 7. The molecule has 0 aliphatic carbocycles. The molecule has 9 heteroatoms. The van der Waals surface area contributed by atoms with Crippen molar-refractivity contribution in [3.63, 3.8) is 0 Å². The quantitative estimate of drug-likeness (QED) is 0.656. The first-order chi connectivity index (χ1) is 11.2. The molecule has 0 spiro atoms. The lowest BCUT2D eigenvalue weighted by atomic mass is 10.3. The lowest BCUT2D eigenvalue weighted by Gasteiger charge is -2.17. The smallest absolute Gasteiger partial charge is 0.329 e. The monoisotopic (exact) mass is 339 g/mol. The lowest BCUT2D eigenvalue weighted by Crippen LogP contribution is -2.31. The standard InChI is InChI=1S/C15H25N5O4/c1-8(2)16-14-17-12-11(13(22)18-15(23)19(12)5)20(14)6-10(21)7-24-9(3)4/h8-10,21H,6-7H2,1-5H3,(H,16,17)(H,18,22,23)/t10-/m0/s1. The van der Waals surface area contributed by atoms with Gasteiger partial charge < -0.3 is 19.7 Å². The van der Waals surface area contributed by atoms with E-state index in [0.29, 0.717) is 5.95 Å². The number of aliphatic hydroxyl groups excluding tert-OH is 1. The summed E-state index contributed by atoms with van der Waals surface area (Å²) in [7, 11) is 1.54. The van der Waals surface area contributed by atoms with Gasteiger partial charge in [-0.1, -0.05) is 0 Å². The van der Waals surface area contributed by atoms with E-state index in [1.807, 2.05) is 27.7 Å². The number of hydrogen-bond donors (Lipinski definition) is 3. The Morgan fingerprint density at radius 1 is 1.29 bits per heavy atom. The van der Waals surface area contributed by atoms with Gasteiger partial charge in [-0.15, -0.1) is 0 Å². The van der Waals surface area contributed by atoms with Gasteiger partial charge in [0.25, 0.3) is 5.56 Å². The molecule has 0 amide bonds. The van der Waals surface area contributed by atoms with Crippen LogP contribution >= 0.6 is 0 Å². The van der Waals surface area contributed by atoms with Crippen LogP contribution < -0.4 is 16.6 Å². The number of ether oxygens (including phenoxy) is 1. The van der Waals surface area contributed by atoms with E-state index in [1.165, 1.54) is 11.6 Å². The molecule has 134 valence electrons. The van der Waals surface area contributed by atoms with Crippen molar-refractivity contribution in [3.05, 3.63) is 20.8 Å². The highest BCUT2D eigenvalue weighted by Gasteiger charge is 2.20. The van der Waals surface area contributed by atoms with E-state index in [9.17, 15) is 14.7 Å². The Morgan fingerprint density at radius 3 is 2.54 bits per heavy atom. The van der Waals surface area contributed by atoms with Gasteiger partial charge in [-0.2, -0.15) is 4.98 Å². The Balaban J connectivity index is 2.50. The number of aromatic amines is 1. The zero-order chi connectivity index (χ0) is 18.0. The Morgan fingerprint density at radius 2 is 1.96 bits per heavy atom. The molecule has 0 saturated heterocycles. The van der Waals surface area contributed by atoms with Crippen LogP contribution in [0.5, 0.6) is 0 Å². The normalized spacial score (nSPS) is 13.2. The molecule has 2 aromatic heterocycles. The van der Waals surface area contributed by atoms with E-state index in [2.05, 4.69) is 15.3 Å². The molecule has 0 fully saturated rings. The highest BCUT2D eigenvalue weighted by atomic mass is 16.5. The molecule has 0 aliphatic heterocycles. The van der Waals surface area contributed by atoms with Crippen molar-refractivity contribution in [3.8, 4) is 0 Å². The molecule has 0 aromatic carbocycles. The number of aryl methyl sites for hydroxylation is 1. The number of fused-ring (bicyclic) bond motifs is 1. The third kappa shape index (κ3) is 3.85. The molecule has 2 aromatic rings. The van der Waals surface area contributed by atoms with Crippen molar-refractivity contribution in [2.45, 2.75) is 52.5 Å². The number of anilines is 1. The average Bonchev–Trinajstić information content (AvgIpc) is 2.81. The molecule has 2 rings (SSSR count). The van der Waals surface area contributed by atoms with Crippen molar-refractivity contribution < 1.29 is 9.84 Å². The van der Waals surface area contributed by atoms with E-state index in [0.717, 1.165) is 0 Å². The second-order valence-electron chi connectivity index (χ2n) is 6.37. The van der Waals surface area contributed by atoms with Crippen LogP contribution in [0, 0.1) is 0 Å².